The lowest BCUT2D eigenvalue weighted by Gasteiger charge is -2.33. The number of carbonyl (C=O) groups is 1. The Kier molecular flexibility index (Phi) is 6.23. The van der Waals surface area contributed by atoms with Crippen molar-refractivity contribution < 1.29 is 26.4 Å². The highest BCUT2D eigenvalue weighted by molar-refractivity contribution is 9.10. The molecule has 4 rings (SSSR count). The third kappa shape index (κ3) is 4.20. The Hall–Kier alpha value is -2.52. The predicted molar refractivity (Wildman–Crippen MR) is 118 cm³/mol. The molecule has 4 heterocycles. The van der Waals surface area contributed by atoms with E-state index in [9.17, 15) is 26.4 Å². The first-order valence-corrected chi connectivity index (χ1v) is 12.5. The van der Waals surface area contributed by atoms with Crippen LogP contribution >= 0.6 is 15.9 Å². The van der Waals surface area contributed by atoms with Crippen LogP contribution in [-0.4, -0.2) is 74.1 Å². The van der Waals surface area contributed by atoms with Crippen LogP contribution in [0.25, 0.3) is 5.65 Å². The van der Waals surface area contributed by atoms with Gasteiger partial charge in [0.1, 0.15) is 10.6 Å². The number of fused-ring (bicyclic) bond motifs is 1. The van der Waals surface area contributed by atoms with Crippen molar-refractivity contribution in [2.75, 3.05) is 26.2 Å². The van der Waals surface area contributed by atoms with Crippen LogP contribution in [0.3, 0.4) is 0 Å². The van der Waals surface area contributed by atoms with Gasteiger partial charge >= 0.3 is 6.18 Å². The molecule has 1 fully saturated rings. The summed E-state index contributed by atoms with van der Waals surface area (Å²) in [4.78, 5) is 18.6. The standard InChI is InChI=1S/C19H21BrF3N7O3S/c1-4-28-10-13(12(3)25-28)34(32,33)29-7-5-27(6-8-29)18(31)16-15(20)17-24-11(2)9-14(19(21,22)23)30(17)26-16/h9-10H,4-8H2,1-3H3. The molecule has 0 unspecified atom stereocenters. The molecule has 0 atom stereocenters. The van der Waals surface area contributed by atoms with Gasteiger partial charge in [0.25, 0.3) is 5.91 Å². The highest BCUT2D eigenvalue weighted by Gasteiger charge is 2.37. The van der Waals surface area contributed by atoms with Gasteiger partial charge in [0.05, 0.1) is 10.2 Å². The molecule has 0 spiro atoms. The minimum atomic E-state index is -4.69. The summed E-state index contributed by atoms with van der Waals surface area (Å²) in [6.45, 7) is 5.57. The van der Waals surface area contributed by atoms with Crippen molar-refractivity contribution in [3.63, 3.8) is 0 Å². The third-order valence-corrected chi connectivity index (χ3v) is 8.25. The Bertz CT molecular complexity index is 1380. The van der Waals surface area contributed by atoms with Gasteiger partial charge in [-0.05, 0) is 42.8 Å². The zero-order chi connectivity index (χ0) is 25.0. The molecule has 0 radical (unpaired) electrons. The smallest absolute Gasteiger partial charge is 0.335 e. The summed E-state index contributed by atoms with van der Waals surface area (Å²) in [6, 6.07) is 0.854. The Morgan fingerprint density at radius 2 is 1.79 bits per heavy atom. The van der Waals surface area contributed by atoms with Gasteiger partial charge in [0.15, 0.2) is 11.3 Å². The van der Waals surface area contributed by atoms with Crippen molar-refractivity contribution in [3.05, 3.63) is 39.5 Å². The molecule has 1 aliphatic rings. The first-order valence-electron chi connectivity index (χ1n) is 10.3. The second-order valence-corrected chi connectivity index (χ2v) is 10.5. The molecule has 0 saturated carbocycles. The molecule has 3 aromatic heterocycles. The van der Waals surface area contributed by atoms with Crippen LogP contribution in [0.1, 0.15) is 34.5 Å². The van der Waals surface area contributed by atoms with E-state index in [4.69, 9.17) is 0 Å². The molecular weight excluding hydrogens is 543 g/mol. The summed E-state index contributed by atoms with van der Waals surface area (Å²) in [5.41, 5.74) is -0.883. The van der Waals surface area contributed by atoms with Crippen LogP contribution in [0.15, 0.2) is 21.6 Å². The number of carbonyl (C=O) groups excluding carboxylic acids is 1. The SMILES string of the molecule is CCn1cc(S(=O)(=O)N2CCN(C(=O)c3nn4c(C(F)(F)F)cc(C)nc4c3Br)CC2)c(C)n1. The molecule has 0 aliphatic carbocycles. The second-order valence-electron chi connectivity index (χ2n) is 7.81. The number of piperazine rings is 1. The Morgan fingerprint density at radius 1 is 1.15 bits per heavy atom. The topological polar surface area (TPSA) is 106 Å². The van der Waals surface area contributed by atoms with Crippen molar-refractivity contribution in [3.8, 4) is 0 Å². The van der Waals surface area contributed by atoms with Crippen LogP contribution < -0.4 is 0 Å². The molecule has 15 heteroatoms. The van der Waals surface area contributed by atoms with Gasteiger partial charge in [-0.15, -0.1) is 0 Å². The maximum atomic E-state index is 13.5. The van der Waals surface area contributed by atoms with Crippen molar-refractivity contribution in [1.82, 2.24) is 33.6 Å². The lowest BCUT2D eigenvalue weighted by atomic mass is 10.3. The van der Waals surface area contributed by atoms with Crippen LogP contribution in [0, 0.1) is 13.8 Å². The molecule has 0 N–H and O–H groups in total. The van der Waals surface area contributed by atoms with E-state index in [2.05, 4.69) is 31.1 Å². The molecular formula is C19H21BrF3N7O3S. The average Bonchev–Trinajstić information content (AvgIpc) is 3.32. The first-order chi connectivity index (χ1) is 15.8. The fraction of sp³-hybridized carbons (Fsp3) is 0.474. The predicted octanol–water partition coefficient (Wildman–Crippen LogP) is 2.49. The van der Waals surface area contributed by atoms with E-state index in [-0.39, 0.29) is 52.6 Å². The van der Waals surface area contributed by atoms with Crippen molar-refractivity contribution >= 4 is 37.5 Å². The fourth-order valence-corrected chi connectivity index (χ4v) is 5.88. The van der Waals surface area contributed by atoms with Crippen molar-refractivity contribution in [2.24, 2.45) is 0 Å². The molecule has 10 nitrogen and oxygen atoms in total. The third-order valence-electron chi connectivity index (χ3n) is 5.52. The van der Waals surface area contributed by atoms with Crippen LogP contribution in [0.4, 0.5) is 13.2 Å². The first kappa shape index (κ1) is 24.6. The molecule has 0 aromatic carbocycles. The Balaban J connectivity index is 1.57. The Morgan fingerprint density at radius 3 is 2.35 bits per heavy atom. The van der Waals surface area contributed by atoms with Crippen LogP contribution in [0.5, 0.6) is 0 Å². The molecule has 1 amide bonds. The summed E-state index contributed by atoms with van der Waals surface area (Å²) in [5.74, 6) is -0.616. The number of aromatic nitrogens is 5. The van der Waals surface area contributed by atoms with Gasteiger partial charge in [-0.1, -0.05) is 0 Å². The quantitative estimate of drug-likeness (QED) is 0.483. The monoisotopic (exact) mass is 563 g/mol. The number of rotatable bonds is 4. The zero-order valence-corrected chi connectivity index (χ0v) is 20.9. The van der Waals surface area contributed by atoms with E-state index in [1.165, 1.54) is 27.0 Å². The molecule has 0 bridgehead atoms. The summed E-state index contributed by atoms with van der Waals surface area (Å²) >= 11 is 3.17. The minimum absolute atomic E-state index is 0.0287. The number of hydrogen-bond donors (Lipinski definition) is 0. The highest BCUT2D eigenvalue weighted by Crippen LogP contribution is 2.33. The molecule has 3 aromatic rings. The minimum Gasteiger partial charge on any atom is -0.335 e. The van der Waals surface area contributed by atoms with E-state index in [1.807, 2.05) is 6.92 Å². The Labute approximate surface area is 201 Å². The number of amides is 1. The number of hydrogen-bond acceptors (Lipinski definition) is 6. The average molecular weight is 564 g/mol. The number of aryl methyl sites for hydroxylation is 3. The molecule has 34 heavy (non-hydrogen) atoms. The summed E-state index contributed by atoms with van der Waals surface area (Å²) in [6.07, 6.45) is -3.22. The lowest BCUT2D eigenvalue weighted by molar-refractivity contribution is -0.142. The number of halogens is 4. The van der Waals surface area contributed by atoms with Gasteiger partial charge in [-0.25, -0.2) is 17.9 Å². The van der Waals surface area contributed by atoms with E-state index < -0.39 is 27.8 Å². The van der Waals surface area contributed by atoms with Crippen LogP contribution in [0.2, 0.25) is 0 Å². The van der Waals surface area contributed by atoms with Gasteiger partial charge < -0.3 is 4.90 Å². The van der Waals surface area contributed by atoms with Gasteiger partial charge in [-0.3, -0.25) is 9.48 Å². The maximum absolute atomic E-state index is 13.5. The van der Waals surface area contributed by atoms with E-state index in [0.29, 0.717) is 16.8 Å². The van der Waals surface area contributed by atoms with Gasteiger partial charge in [-0.2, -0.15) is 27.7 Å². The summed E-state index contributed by atoms with van der Waals surface area (Å²) in [7, 11) is -3.80. The zero-order valence-electron chi connectivity index (χ0n) is 18.5. The number of alkyl halides is 3. The molecule has 1 aliphatic heterocycles. The van der Waals surface area contributed by atoms with Crippen LogP contribution in [-0.2, 0) is 22.7 Å². The fourth-order valence-electron chi connectivity index (χ4n) is 3.79. The van der Waals surface area contributed by atoms with Crippen molar-refractivity contribution in [2.45, 2.75) is 38.4 Å². The van der Waals surface area contributed by atoms with Gasteiger partial charge in [0.2, 0.25) is 10.0 Å². The second kappa shape index (κ2) is 8.61. The van der Waals surface area contributed by atoms with E-state index in [1.54, 1.807) is 6.92 Å². The van der Waals surface area contributed by atoms with E-state index in [0.717, 1.165) is 6.07 Å². The normalized spacial score (nSPS) is 15.9. The maximum Gasteiger partial charge on any atom is 0.433 e. The summed E-state index contributed by atoms with van der Waals surface area (Å²) < 4.78 is 70.0. The lowest BCUT2D eigenvalue weighted by Crippen LogP contribution is -2.50. The largest absolute Gasteiger partial charge is 0.433 e. The summed E-state index contributed by atoms with van der Waals surface area (Å²) in [5, 5.41) is 8.07. The van der Waals surface area contributed by atoms with Gasteiger partial charge in [0, 0.05) is 44.6 Å². The highest BCUT2D eigenvalue weighted by atomic mass is 79.9. The number of sulfonamides is 1. The molecule has 1 saturated heterocycles. The molecule has 184 valence electrons. The van der Waals surface area contributed by atoms with E-state index >= 15 is 0 Å². The van der Waals surface area contributed by atoms with Crippen molar-refractivity contribution in [1.29, 1.82) is 0 Å². The number of nitrogens with zero attached hydrogens (tertiary/aromatic N) is 7.